The van der Waals surface area contributed by atoms with Crippen molar-refractivity contribution in [1.82, 2.24) is 5.32 Å². The Labute approximate surface area is 437 Å². The Hall–Kier alpha value is -3.68. The summed E-state index contributed by atoms with van der Waals surface area (Å²) in [4.78, 5) is 26.4. The van der Waals surface area contributed by atoms with Gasteiger partial charge in [-0.15, -0.1) is 0 Å². The van der Waals surface area contributed by atoms with Crippen LogP contribution in [0.3, 0.4) is 0 Å². The Morgan fingerprint density at radius 2 is 1.06 bits per heavy atom. The number of aliphatic hydroxyl groups is 5. The molecule has 11 heteroatoms. The molecule has 0 aromatic carbocycles. The predicted octanol–water partition coefficient (Wildman–Crippen LogP) is 12.5. The minimum atomic E-state index is -1.64. The number of unbranched alkanes of at least 4 members (excludes halogenated alkanes) is 18. The second-order valence-electron chi connectivity index (χ2n) is 19.0. The van der Waals surface area contributed by atoms with Gasteiger partial charge in [-0.1, -0.05) is 214 Å². The van der Waals surface area contributed by atoms with Crippen LogP contribution < -0.4 is 5.32 Å². The van der Waals surface area contributed by atoms with Crippen LogP contribution in [0.4, 0.5) is 0 Å². The molecule has 0 saturated carbocycles. The Bertz CT molecular complexity index is 1580. The summed E-state index contributed by atoms with van der Waals surface area (Å²) < 4.78 is 17.5. The molecule has 1 heterocycles. The van der Waals surface area contributed by atoms with Crippen LogP contribution in [0.1, 0.15) is 201 Å². The Kier molecular flexibility index (Phi) is 44.5. The summed E-state index contributed by atoms with van der Waals surface area (Å²) in [6.07, 6.45) is 54.2. The number of carbonyl (C=O) groups is 2. The van der Waals surface area contributed by atoms with E-state index in [2.05, 4.69) is 86.8 Å². The SMILES string of the molecule is CC/C=C/C=C/C=C\C=C/CCCCCC(=O)OC1C(OCC(NC(=O)C(O)CCCC/C=C\C/C=C\C/C=C\C/C=C\CCCCC)C(O)/C=C/CCCCCCCCCCCC)OC(CO)C(O)C1O. The molecule has 0 aliphatic carbocycles. The third kappa shape index (κ3) is 36.3. The molecular weight excluding hydrogens is 907 g/mol. The first kappa shape index (κ1) is 66.3. The summed E-state index contributed by atoms with van der Waals surface area (Å²) in [6, 6.07) is -1.06. The maximum Gasteiger partial charge on any atom is 0.306 e. The van der Waals surface area contributed by atoms with Gasteiger partial charge in [-0.05, 0) is 89.9 Å². The lowest BCUT2D eigenvalue weighted by Gasteiger charge is -2.41. The quantitative estimate of drug-likeness (QED) is 0.0149. The van der Waals surface area contributed by atoms with Crippen LogP contribution in [0.15, 0.2) is 109 Å². The van der Waals surface area contributed by atoms with Gasteiger partial charge in [-0.2, -0.15) is 0 Å². The molecule has 0 aromatic rings. The maximum absolute atomic E-state index is 13.4. The number of nitrogens with one attached hydrogen (secondary N) is 1. The zero-order valence-corrected chi connectivity index (χ0v) is 45.0. The summed E-state index contributed by atoms with van der Waals surface area (Å²) in [5, 5.41) is 56.7. The average molecular weight is 1010 g/mol. The number of amides is 1. The van der Waals surface area contributed by atoms with Crippen molar-refractivity contribution in [1.29, 1.82) is 0 Å². The van der Waals surface area contributed by atoms with Crippen LogP contribution in [0.2, 0.25) is 0 Å². The number of ether oxygens (including phenoxy) is 3. The third-order valence-corrected chi connectivity index (χ3v) is 12.5. The van der Waals surface area contributed by atoms with E-state index in [0.717, 1.165) is 89.9 Å². The van der Waals surface area contributed by atoms with Gasteiger partial charge in [-0.25, -0.2) is 0 Å². The summed E-state index contributed by atoms with van der Waals surface area (Å²) in [6.45, 7) is 5.54. The van der Waals surface area contributed by atoms with Gasteiger partial charge in [0.25, 0.3) is 0 Å². The third-order valence-electron chi connectivity index (χ3n) is 12.5. The molecule has 0 spiro atoms. The highest BCUT2D eigenvalue weighted by molar-refractivity contribution is 5.80. The van der Waals surface area contributed by atoms with Crippen molar-refractivity contribution in [2.75, 3.05) is 13.2 Å². The fraction of sp³-hybridized carbons (Fsp3) is 0.672. The zero-order valence-electron chi connectivity index (χ0n) is 45.0. The molecule has 1 aliphatic heterocycles. The highest BCUT2D eigenvalue weighted by Gasteiger charge is 2.47. The Morgan fingerprint density at radius 3 is 1.65 bits per heavy atom. The smallest absolute Gasteiger partial charge is 0.306 e. The molecular formula is C61H101NO10. The lowest BCUT2D eigenvalue weighted by molar-refractivity contribution is -0.305. The monoisotopic (exact) mass is 1010 g/mol. The van der Waals surface area contributed by atoms with Crippen LogP contribution in [0.25, 0.3) is 0 Å². The van der Waals surface area contributed by atoms with E-state index < -0.39 is 67.4 Å². The van der Waals surface area contributed by atoms with Crippen molar-refractivity contribution in [3.05, 3.63) is 109 Å². The van der Waals surface area contributed by atoms with Crippen molar-refractivity contribution in [2.24, 2.45) is 0 Å². The molecule has 0 aromatic heterocycles. The van der Waals surface area contributed by atoms with Crippen molar-refractivity contribution in [3.63, 3.8) is 0 Å². The second kappa shape index (κ2) is 48.3. The fourth-order valence-corrected chi connectivity index (χ4v) is 8.00. The van der Waals surface area contributed by atoms with E-state index in [9.17, 15) is 35.1 Å². The van der Waals surface area contributed by atoms with E-state index in [-0.39, 0.29) is 19.4 Å². The van der Waals surface area contributed by atoms with Crippen LogP contribution in [-0.2, 0) is 23.8 Å². The van der Waals surface area contributed by atoms with Crippen molar-refractivity contribution >= 4 is 11.9 Å². The first-order valence-corrected chi connectivity index (χ1v) is 28.2. The van der Waals surface area contributed by atoms with E-state index >= 15 is 0 Å². The minimum Gasteiger partial charge on any atom is -0.454 e. The van der Waals surface area contributed by atoms with Crippen molar-refractivity contribution in [2.45, 2.75) is 250 Å². The first-order chi connectivity index (χ1) is 35.2. The van der Waals surface area contributed by atoms with Gasteiger partial charge in [0.2, 0.25) is 5.91 Å². The van der Waals surface area contributed by atoms with E-state index in [1.54, 1.807) is 6.08 Å². The van der Waals surface area contributed by atoms with Crippen LogP contribution in [0, 0.1) is 0 Å². The molecule has 410 valence electrons. The topological polar surface area (TPSA) is 175 Å². The number of hydrogen-bond acceptors (Lipinski definition) is 10. The van der Waals surface area contributed by atoms with Gasteiger partial charge in [0.1, 0.15) is 24.4 Å². The van der Waals surface area contributed by atoms with Crippen LogP contribution in [0.5, 0.6) is 0 Å². The molecule has 0 radical (unpaired) electrons. The maximum atomic E-state index is 13.4. The molecule has 6 N–H and O–H groups in total. The minimum absolute atomic E-state index is 0.0673. The molecule has 1 amide bonds. The number of aliphatic hydroxyl groups excluding tert-OH is 5. The molecule has 0 bridgehead atoms. The molecule has 1 rings (SSSR count). The predicted molar refractivity (Wildman–Crippen MR) is 296 cm³/mol. The Balaban J connectivity index is 2.80. The van der Waals surface area contributed by atoms with E-state index in [0.29, 0.717) is 12.8 Å². The standard InChI is InChI=1S/C61H101NO10/c1-4-7-10-13-16-19-22-25-26-27-28-29-31-33-36-39-42-45-48-54(65)60(69)62-52(53(64)47-44-41-38-35-32-24-21-18-15-12-9-6-3)51-70-61-59(58(68)57(67)55(50-63)71-61)72-56(66)49-46-43-40-37-34-30-23-20-17-14-11-8-5-2/h8,11,14,16-17,19-20,23,25-26,28-30,33-34,36,44,47,52-55,57-59,61,63-65,67-68H,4-7,9-10,12-13,15,18,21-22,24,27,31-32,35,37-43,45-46,48-51H2,1-3H3,(H,62,69)/b11-8+,17-14+,19-16-,23-20-,26-25-,29-28-,34-30-,36-33-,47-44+. The fourth-order valence-electron chi connectivity index (χ4n) is 8.00. The molecule has 1 saturated heterocycles. The number of esters is 1. The lowest BCUT2D eigenvalue weighted by atomic mass is 9.99. The van der Waals surface area contributed by atoms with Gasteiger partial charge >= 0.3 is 5.97 Å². The van der Waals surface area contributed by atoms with Gasteiger partial charge in [0.05, 0.1) is 25.4 Å². The lowest BCUT2D eigenvalue weighted by Crippen LogP contribution is -2.61. The molecule has 8 atom stereocenters. The van der Waals surface area contributed by atoms with E-state index in [1.807, 2.05) is 42.5 Å². The number of rotatable bonds is 45. The molecule has 11 nitrogen and oxygen atoms in total. The molecule has 1 fully saturated rings. The number of carbonyl (C=O) groups excluding carboxylic acids is 2. The van der Waals surface area contributed by atoms with E-state index in [1.165, 1.54) is 64.2 Å². The average Bonchev–Trinajstić information content (AvgIpc) is 3.38. The van der Waals surface area contributed by atoms with Crippen molar-refractivity contribution < 1.29 is 49.3 Å². The Morgan fingerprint density at radius 1 is 0.569 bits per heavy atom. The van der Waals surface area contributed by atoms with Gasteiger partial charge in [0, 0.05) is 6.42 Å². The van der Waals surface area contributed by atoms with Gasteiger partial charge in [0.15, 0.2) is 12.4 Å². The van der Waals surface area contributed by atoms with Crippen molar-refractivity contribution in [3.8, 4) is 0 Å². The summed E-state index contributed by atoms with van der Waals surface area (Å²) >= 11 is 0. The highest BCUT2D eigenvalue weighted by Crippen LogP contribution is 2.26. The zero-order chi connectivity index (χ0) is 52.5. The van der Waals surface area contributed by atoms with Crippen LogP contribution >= 0.6 is 0 Å². The largest absolute Gasteiger partial charge is 0.454 e. The highest BCUT2D eigenvalue weighted by atomic mass is 16.7. The summed E-state index contributed by atoms with van der Waals surface area (Å²) in [5.41, 5.74) is 0. The van der Waals surface area contributed by atoms with E-state index in [4.69, 9.17) is 14.2 Å². The normalized spacial score (nSPS) is 20.4. The number of hydrogen-bond donors (Lipinski definition) is 6. The first-order valence-electron chi connectivity index (χ1n) is 28.2. The summed E-state index contributed by atoms with van der Waals surface area (Å²) in [5.74, 6) is -1.28. The van der Waals surface area contributed by atoms with Gasteiger partial charge in [-0.3, -0.25) is 9.59 Å². The van der Waals surface area contributed by atoms with Gasteiger partial charge < -0.3 is 45.1 Å². The van der Waals surface area contributed by atoms with Crippen LogP contribution in [-0.4, -0.2) is 99.6 Å². The second-order valence-corrected chi connectivity index (χ2v) is 19.0. The molecule has 1 aliphatic rings. The number of allylic oxidation sites excluding steroid dienone is 17. The summed E-state index contributed by atoms with van der Waals surface area (Å²) in [7, 11) is 0. The molecule has 72 heavy (non-hydrogen) atoms. The molecule has 8 unspecified atom stereocenters.